The van der Waals surface area contributed by atoms with Crippen LogP contribution < -0.4 is 16.0 Å². The lowest BCUT2D eigenvalue weighted by Gasteiger charge is -2.12. The first kappa shape index (κ1) is 18.4. The molecule has 6 heteroatoms. The van der Waals surface area contributed by atoms with Crippen LogP contribution in [0.4, 0.5) is 5.69 Å². The van der Waals surface area contributed by atoms with Gasteiger partial charge in [-0.2, -0.15) is 0 Å². The van der Waals surface area contributed by atoms with E-state index in [0.29, 0.717) is 25.5 Å². The molecule has 0 spiro atoms. The Hall–Kier alpha value is -2.89. The van der Waals surface area contributed by atoms with E-state index in [1.165, 1.54) is 0 Å². The van der Waals surface area contributed by atoms with Crippen molar-refractivity contribution in [3.8, 4) is 0 Å². The Bertz CT molecular complexity index is 683. The Balaban J connectivity index is 1.80. The van der Waals surface area contributed by atoms with Gasteiger partial charge in [-0.25, -0.2) is 0 Å². The fraction of sp³-hybridized carbons (Fsp3) is 0.316. The number of guanidine groups is 1. The minimum atomic E-state index is 0.0486. The van der Waals surface area contributed by atoms with Crippen LogP contribution in [0.3, 0.4) is 0 Å². The van der Waals surface area contributed by atoms with Gasteiger partial charge in [-0.1, -0.05) is 25.1 Å². The number of nitrogens with one attached hydrogen (secondary N) is 3. The van der Waals surface area contributed by atoms with Crippen LogP contribution in [0, 0.1) is 0 Å². The van der Waals surface area contributed by atoms with Crippen molar-refractivity contribution in [3.63, 3.8) is 0 Å². The quantitative estimate of drug-likeness (QED) is 0.535. The number of pyridine rings is 1. The van der Waals surface area contributed by atoms with Crippen LogP contribution >= 0.6 is 0 Å². The van der Waals surface area contributed by atoms with Crippen molar-refractivity contribution in [1.82, 2.24) is 15.6 Å². The second kappa shape index (κ2) is 10.1. The number of hydrogen-bond acceptors (Lipinski definition) is 3. The summed E-state index contributed by atoms with van der Waals surface area (Å²) in [5.41, 5.74) is 2.88. The van der Waals surface area contributed by atoms with Gasteiger partial charge in [0.1, 0.15) is 0 Å². The monoisotopic (exact) mass is 339 g/mol. The van der Waals surface area contributed by atoms with Crippen molar-refractivity contribution in [2.75, 3.05) is 12.4 Å². The third-order valence-electron chi connectivity index (χ3n) is 3.56. The van der Waals surface area contributed by atoms with Gasteiger partial charge in [0.05, 0.1) is 12.2 Å². The molecule has 0 aliphatic carbocycles. The molecule has 0 bridgehead atoms. The minimum Gasteiger partial charge on any atom is -0.352 e. The molecule has 2 aromatic rings. The van der Waals surface area contributed by atoms with Crippen LogP contribution in [0.1, 0.15) is 31.0 Å². The van der Waals surface area contributed by atoms with Crippen LogP contribution in [0.15, 0.2) is 53.7 Å². The third kappa shape index (κ3) is 6.63. The average Bonchev–Trinajstić information content (AvgIpc) is 2.64. The van der Waals surface area contributed by atoms with E-state index < -0.39 is 0 Å². The molecule has 1 aromatic carbocycles. The maximum Gasteiger partial charge on any atom is 0.224 e. The minimum absolute atomic E-state index is 0.0486. The van der Waals surface area contributed by atoms with Crippen molar-refractivity contribution in [3.05, 3.63) is 59.9 Å². The zero-order valence-corrected chi connectivity index (χ0v) is 14.7. The molecule has 25 heavy (non-hydrogen) atoms. The molecule has 1 aromatic heterocycles. The van der Waals surface area contributed by atoms with Crippen molar-refractivity contribution in [2.45, 2.75) is 32.9 Å². The molecule has 0 atom stereocenters. The molecular weight excluding hydrogens is 314 g/mol. The SMILES string of the molecule is CCCC(=O)Nc1ccc(CNC(=NC)NCc2ccccn2)cc1. The van der Waals surface area contributed by atoms with Gasteiger partial charge >= 0.3 is 0 Å². The Morgan fingerprint density at radius 3 is 2.48 bits per heavy atom. The van der Waals surface area contributed by atoms with Gasteiger partial charge in [-0.15, -0.1) is 0 Å². The largest absolute Gasteiger partial charge is 0.352 e. The fourth-order valence-corrected chi connectivity index (χ4v) is 2.24. The molecule has 1 amide bonds. The molecule has 1 heterocycles. The molecule has 132 valence electrons. The highest BCUT2D eigenvalue weighted by Crippen LogP contribution is 2.10. The molecule has 0 fully saturated rings. The van der Waals surface area contributed by atoms with E-state index in [0.717, 1.165) is 23.4 Å². The first-order valence-electron chi connectivity index (χ1n) is 8.44. The predicted molar refractivity (Wildman–Crippen MR) is 101 cm³/mol. The van der Waals surface area contributed by atoms with Crippen LogP contribution in [-0.2, 0) is 17.9 Å². The molecule has 0 radical (unpaired) electrons. The Morgan fingerprint density at radius 2 is 1.84 bits per heavy atom. The predicted octanol–water partition coefficient (Wildman–Crippen LogP) is 2.69. The summed E-state index contributed by atoms with van der Waals surface area (Å²) in [6, 6.07) is 13.6. The number of carbonyl (C=O) groups is 1. The molecule has 0 saturated heterocycles. The second-order valence-electron chi connectivity index (χ2n) is 5.60. The summed E-state index contributed by atoms with van der Waals surface area (Å²) in [5, 5.41) is 9.37. The Kier molecular flexibility index (Phi) is 7.43. The van der Waals surface area contributed by atoms with Crippen LogP contribution in [0.5, 0.6) is 0 Å². The van der Waals surface area contributed by atoms with E-state index >= 15 is 0 Å². The van der Waals surface area contributed by atoms with Gasteiger partial charge in [-0.05, 0) is 36.2 Å². The topological polar surface area (TPSA) is 78.4 Å². The smallest absolute Gasteiger partial charge is 0.224 e. The molecule has 6 nitrogen and oxygen atoms in total. The van der Waals surface area contributed by atoms with Gasteiger partial charge in [0, 0.05) is 31.9 Å². The zero-order chi connectivity index (χ0) is 17.9. The lowest BCUT2D eigenvalue weighted by molar-refractivity contribution is -0.116. The number of benzene rings is 1. The van der Waals surface area contributed by atoms with E-state index in [4.69, 9.17) is 0 Å². The summed E-state index contributed by atoms with van der Waals surface area (Å²) in [5.74, 6) is 0.762. The van der Waals surface area contributed by atoms with Gasteiger partial charge in [0.2, 0.25) is 5.91 Å². The normalized spacial score (nSPS) is 11.0. The van der Waals surface area contributed by atoms with Crippen molar-refractivity contribution < 1.29 is 4.79 Å². The van der Waals surface area contributed by atoms with Crippen molar-refractivity contribution >= 4 is 17.6 Å². The number of rotatable bonds is 7. The number of nitrogens with zero attached hydrogens (tertiary/aromatic N) is 2. The molecular formula is C19H25N5O. The standard InChI is InChI=1S/C19H25N5O/c1-3-6-18(25)24-16-10-8-15(9-11-16)13-22-19(20-2)23-14-17-7-4-5-12-21-17/h4-5,7-12H,3,6,13-14H2,1-2H3,(H,24,25)(H2,20,22,23). The molecule has 0 unspecified atom stereocenters. The average molecular weight is 339 g/mol. The summed E-state index contributed by atoms with van der Waals surface area (Å²) < 4.78 is 0. The number of carbonyl (C=O) groups excluding carboxylic acids is 1. The first-order valence-corrected chi connectivity index (χ1v) is 8.44. The van der Waals surface area contributed by atoms with Gasteiger partial charge in [0.15, 0.2) is 5.96 Å². The van der Waals surface area contributed by atoms with E-state index in [1.807, 2.05) is 49.4 Å². The van der Waals surface area contributed by atoms with Crippen LogP contribution in [0.25, 0.3) is 0 Å². The molecule has 2 rings (SSSR count). The number of amides is 1. The lowest BCUT2D eigenvalue weighted by Crippen LogP contribution is -2.36. The number of aromatic nitrogens is 1. The maximum atomic E-state index is 11.6. The van der Waals surface area contributed by atoms with Crippen LogP contribution in [-0.4, -0.2) is 23.9 Å². The van der Waals surface area contributed by atoms with E-state index in [9.17, 15) is 4.79 Å². The lowest BCUT2D eigenvalue weighted by atomic mass is 10.2. The fourth-order valence-electron chi connectivity index (χ4n) is 2.24. The van der Waals surface area contributed by atoms with Gasteiger partial charge < -0.3 is 16.0 Å². The highest BCUT2D eigenvalue weighted by Gasteiger charge is 2.02. The number of hydrogen-bond donors (Lipinski definition) is 3. The van der Waals surface area contributed by atoms with Crippen molar-refractivity contribution in [2.24, 2.45) is 4.99 Å². The highest BCUT2D eigenvalue weighted by molar-refractivity contribution is 5.90. The third-order valence-corrected chi connectivity index (χ3v) is 3.56. The maximum absolute atomic E-state index is 11.6. The first-order chi connectivity index (χ1) is 12.2. The summed E-state index contributed by atoms with van der Waals surface area (Å²) in [4.78, 5) is 20.1. The Labute approximate surface area is 148 Å². The van der Waals surface area contributed by atoms with Gasteiger partial charge in [0.25, 0.3) is 0 Å². The zero-order valence-electron chi connectivity index (χ0n) is 14.7. The van der Waals surface area contributed by atoms with Crippen LogP contribution in [0.2, 0.25) is 0 Å². The summed E-state index contributed by atoms with van der Waals surface area (Å²) in [6.45, 7) is 3.25. The van der Waals surface area contributed by atoms with Crippen molar-refractivity contribution in [1.29, 1.82) is 0 Å². The van der Waals surface area contributed by atoms with Gasteiger partial charge in [-0.3, -0.25) is 14.8 Å². The summed E-state index contributed by atoms with van der Waals surface area (Å²) in [7, 11) is 1.74. The molecule has 0 saturated carbocycles. The second-order valence-corrected chi connectivity index (χ2v) is 5.60. The summed E-state index contributed by atoms with van der Waals surface area (Å²) >= 11 is 0. The molecule has 3 N–H and O–H groups in total. The van der Waals surface area contributed by atoms with E-state index in [2.05, 4.69) is 25.9 Å². The van der Waals surface area contributed by atoms with E-state index in [-0.39, 0.29) is 5.91 Å². The van der Waals surface area contributed by atoms with E-state index in [1.54, 1.807) is 13.2 Å². The summed E-state index contributed by atoms with van der Waals surface area (Å²) in [6.07, 6.45) is 3.16. The molecule has 0 aliphatic rings. The number of anilines is 1. The highest BCUT2D eigenvalue weighted by atomic mass is 16.1. The molecule has 0 aliphatic heterocycles. The number of aliphatic imine (C=N–C) groups is 1. The Morgan fingerprint density at radius 1 is 1.08 bits per heavy atom.